The van der Waals surface area contributed by atoms with E-state index in [9.17, 15) is 0 Å². The van der Waals surface area contributed by atoms with Crippen molar-refractivity contribution in [3.05, 3.63) is 261 Å². The zero-order valence-corrected chi connectivity index (χ0v) is 37.2. The van der Waals surface area contributed by atoms with Gasteiger partial charge in [-0.25, -0.2) is 0 Å². The first-order valence-corrected chi connectivity index (χ1v) is 23.3. The van der Waals surface area contributed by atoms with Crippen molar-refractivity contribution in [2.24, 2.45) is 0 Å². The molecule has 0 aliphatic carbocycles. The molecular formula is C66H43NO. The van der Waals surface area contributed by atoms with Gasteiger partial charge < -0.3 is 9.32 Å². The summed E-state index contributed by atoms with van der Waals surface area (Å²) in [5, 5.41) is 9.56. The Bertz CT molecular complexity index is 4000. The van der Waals surface area contributed by atoms with E-state index in [1.54, 1.807) is 0 Å². The summed E-state index contributed by atoms with van der Waals surface area (Å²) in [6.45, 7) is 0. The lowest BCUT2D eigenvalue weighted by atomic mass is 9.84. The van der Waals surface area contributed by atoms with Crippen LogP contribution in [0.2, 0.25) is 0 Å². The van der Waals surface area contributed by atoms with E-state index >= 15 is 0 Å². The molecule has 0 unspecified atom stereocenters. The van der Waals surface area contributed by atoms with Crippen molar-refractivity contribution < 1.29 is 4.42 Å². The Hall–Kier alpha value is -8.98. The highest BCUT2D eigenvalue weighted by Crippen LogP contribution is 2.49. The molecule has 0 bridgehead atoms. The van der Waals surface area contributed by atoms with Crippen molar-refractivity contribution in [1.29, 1.82) is 0 Å². The van der Waals surface area contributed by atoms with Gasteiger partial charge in [-0.3, -0.25) is 0 Å². The highest BCUT2D eigenvalue weighted by Gasteiger charge is 2.23. The van der Waals surface area contributed by atoms with Crippen molar-refractivity contribution in [1.82, 2.24) is 0 Å². The van der Waals surface area contributed by atoms with Crippen molar-refractivity contribution in [3.63, 3.8) is 0 Å². The van der Waals surface area contributed by atoms with Crippen LogP contribution in [0.5, 0.6) is 0 Å². The Labute approximate surface area is 395 Å². The van der Waals surface area contributed by atoms with Gasteiger partial charge in [-0.1, -0.05) is 224 Å². The summed E-state index contributed by atoms with van der Waals surface area (Å²) < 4.78 is 6.53. The summed E-state index contributed by atoms with van der Waals surface area (Å²) in [6, 6.07) is 94.5. The average Bonchev–Trinajstić information content (AvgIpc) is 3.81. The van der Waals surface area contributed by atoms with Gasteiger partial charge in [0.1, 0.15) is 11.2 Å². The minimum Gasteiger partial charge on any atom is -0.455 e. The van der Waals surface area contributed by atoms with Crippen molar-refractivity contribution in [2.75, 3.05) is 4.90 Å². The van der Waals surface area contributed by atoms with Crippen LogP contribution in [0.4, 0.5) is 17.1 Å². The van der Waals surface area contributed by atoms with Crippen LogP contribution in [-0.4, -0.2) is 0 Å². The topological polar surface area (TPSA) is 16.4 Å². The zero-order valence-electron chi connectivity index (χ0n) is 37.2. The van der Waals surface area contributed by atoms with Gasteiger partial charge in [-0.15, -0.1) is 0 Å². The number of hydrogen-bond acceptors (Lipinski definition) is 2. The van der Waals surface area contributed by atoms with Crippen LogP contribution >= 0.6 is 0 Å². The molecule has 0 saturated carbocycles. The Balaban J connectivity index is 1.04. The van der Waals surface area contributed by atoms with E-state index in [1.807, 2.05) is 12.1 Å². The van der Waals surface area contributed by atoms with E-state index in [-0.39, 0.29) is 0 Å². The second-order valence-electron chi connectivity index (χ2n) is 17.5. The molecule has 1 aromatic heterocycles. The summed E-state index contributed by atoms with van der Waals surface area (Å²) in [5.74, 6) is 0. The number of rotatable bonds is 8. The normalized spacial score (nSPS) is 11.5. The van der Waals surface area contributed by atoms with Gasteiger partial charge in [0.15, 0.2) is 0 Å². The van der Waals surface area contributed by atoms with E-state index in [0.717, 1.165) is 61.3 Å². The number of fused-ring (bicyclic) bond motifs is 7. The molecule has 1 heterocycles. The Morgan fingerprint density at radius 3 is 1.50 bits per heavy atom. The molecule has 0 aliphatic rings. The largest absolute Gasteiger partial charge is 0.455 e. The number of anilines is 3. The Morgan fingerprint density at radius 1 is 0.250 bits per heavy atom. The third-order valence-electron chi connectivity index (χ3n) is 13.7. The molecule has 0 aliphatic heterocycles. The molecule has 0 spiro atoms. The lowest BCUT2D eigenvalue weighted by Gasteiger charge is -2.30. The van der Waals surface area contributed by atoms with Gasteiger partial charge in [0, 0.05) is 33.0 Å². The first-order valence-electron chi connectivity index (χ1n) is 23.3. The third kappa shape index (κ3) is 6.57. The van der Waals surface area contributed by atoms with Crippen LogP contribution in [0.1, 0.15) is 0 Å². The molecule has 2 heteroatoms. The maximum Gasteiger partial charge on any atom is 0.143 e. The molecule has 13 aromatic rings. The fraction of sp³-hybridized carbons (Fsp3) is 0. The quantitative estimate of drug-likeness (QED) is 0.142. The number of benzene rings is 12. The average molecular weight is 866 g/mol. The van der Waals surface area contributed by atoms with E-state index in [1.165, 1.54) is 65.7 Å². The monoisotopic (exact) mass is 865 g/mol. The van der Waals surface area contributed by atoms with Crippen LogP contribution in [0.3, 0.4) is 0 Å². The van der Waals surface area contributed by atoms with Crippen LogP contribution in [-0.2, 0) is 0 Å². The molecule has 2 nitrogen and oxygen atoms in total. The first-order chi connectivity index (χ1) is 33.8. The van der Waals surface area contributed by atoms with Gasteiger partial charge in [-0.05, 0) is 108 Å². The minimum absolute atomic E-state index is 0.897. The highest BCUT2D eigenvalue weighted by atomic mass is 16.3. The fourth-order valence-corrected chi connectivity index (χ4v) is 10.6. The molecule has 0 saturated heterocycles. The van der Waals surface area contributed by atoms with Crippen molar-refractivity contribution in [2.45, 2.75) is 0 Å². The molecule has 68 heavy (non-hydrogen) atoms. The summed E-state index contributed by atoms with van der Waals surface area (Å²) >= 11 is 0. The molecule has 0 fully saturated rings. The van der Waals surface area contributed by atoms with E-state index in [4.69, 9.17) is 4.42 Å². The maximum atomic E-state index is 6.53. The van der Waals surface area contributed by atoms with Crippen LogP contribution in [0.25, 0.3) is 110 Å². The predicted octanol–water partition coefficient (Wildman–Crippen LogP) is 18.9. The second-order valence-corrected chi connectivity index (χ2v) is 17.5. The van der Waals surface area contributed by atoms with Gasteiger partial charge in [0.05, 0.1) is 11.4 Å². The van der Waals surface area contributed by atoms with Crippen molar-refractivity contribution >= 4 is 71.3 Å². The molecule has 13 rings (SSSR count). The highest BCUT2D eigenvalue weighted by molar-refractivity contribution is 6.22. The second kappa shape index (κ2) is 16.5. The lowest BCUT2D eigenvalue weighted by Crippen LogP contribution is -2.12. The van der Waals surface area contributed by atoms with Crippen LogP contribution in [0, 0.1) is 0 Å². The van der Waals surface area contributed by atoms with Gasteiger partial charge in [0.25, 0.3) is 0 Å². The number of hydrogen-bond donors (Lipinski definition) is 0. The summed E-state index contributed by atoms with van der Waals surface area (Å²) in [5.41, 5.74) is 16.8. The van der Waals surface area contributed by atoms with E-state index < -0.39 is 0 Å². The van der Waals surface area contributed by atoms with E-state index in [2.05, 4.69) is 254 Å². The third-order valence-corrected chi connectivity index (χ3v) is 13.7. The first kappa shape index (κ1) is 39.4. The number of para-hydroxylation sites is 3. The Morgan fingerprint density at radius 2 is 0.765 bits per heavy atom. The standard InChI is InChI=1S/C66H43NO/c1-4-19-44(20-5-1)50-41-42-62(56-28-12-10-26-53(50)56)67(49-38-35-45(36-39-49)52-31-18-32-59-57-29-15-17-34-63(57)68-66(52)59)61-33-16-14-25-51(61)48-37-40-55-54-27-11-13-30-58(54)64(46-21-6-2-7-22-46)65(60(55)43-48)47-23-8-3-9-24-47/h1-43H. The van der Waals surface area contributed by atoms with E-state index in [0.29, 0.717) is 0 Å². The summed E-state index contributed by atoms with van der Waals surface area (Å²) in [7, 11) is 0. The molecule has 0 amide bonds. The molecule has 0 N–H and O–H groups in total. The van der Waals surface area contributed by atoms with Crippen LogP contribution in [0.15, 0.2) is 265 Å². The molecule has 318 valence electrons. The molecule has 0 atom stereocenters. The predicted molar refractivity (Wildman–Crippen MR) is 288 cm³/mol. The van der Waals surface area contributed by atoms with Crippen molar-refractivity contribution in [3.8, 4) is 55.6 Å². The van der Waals surface area contributed by atoms with Gasteiger partial charge in [0.2, 0.25) is 0 Å². The maximum absolute atomic E-state index is 6.53. The van der Waals surface area contributed by atoms with Gasteiger partial charge in [-0.2, -0.15) is 0 Å². The lowest BCUT2D eigenvalue weighted by molar-refractivity contribution is 0.670. The number of furan rings is 1. The SMILES string of the molecule is c1ccc(-c2ccc(N(c3ccc(-c4cccc5c4oc4ccccc45)cc3)c3ccccc3-c3ccc4c(c3)c(-c3ccccc3)c(-c3ccccc3)c3ccccc34)c3ccccc23)cc1. The molecular weight excluding hydrogens is 823 g/mol. The molecule has 0 radical (unpaired) electrons. The number of nitrogens with zero attached hydrogens (tertiary/aromatic N) is 1. The molecule has 12 aromatic carbocycles. The fourth-order valence-electron chi connectivity index (χ4n) is 10.6. The summed E-state index contributed by atoms with van der Waals surface area (Å²) in [6.07, 6.45) is 0. The summed E-state index contributed by atoms with van der Waals surface area (Å²) in [4.78, 5) is 2.45. The van der Waals surface area contributed by atoms with Crippen LogP contribution < -0.4 is 4.90 Å². The smallest absolute Gasteiger partial charge is 0.143 e. The van der Waals surface area contributed by atoms with Gasteiger partial charge >= 0.3 is 0 Å². The minimum atomic E-state index is 0.897. The Kier molecular flexibility index (Phi) is 9.54. The zero-order chi connectivity index (χ0) is 45.0.